The maximum atomic E-state index is 11.9. The molecule has 23 heavy (non-hydrogen) atoms. The summed E-state index contributed by atoms with van der Waals surface area (Å²) in [6.07, 6.45) is 0. The highest BCUT2D eigenvalue weighted by Crippen LogP contribution is 2.25. The molecular formula is C16H14BrClN2O3. The lowest BCUT2D eigenvalue weighted by Crippen LogP contribution is -2.43. The zero-order chi connectivity index (χ0) is 16.8. The highest BCUT2D eigenvalue weighted by molar-refractivity contribution is 9.10. The molecule has 0 aromatic heterocycles. The highest BCUT2D eigenvalue weighted by atomic mass is 79.9. The van der Waals surface area contributed by atoms with Crippen molar-refractivity contribution in [2.45, 2.75) is 6.92 Å². The molecule has 0 unspecified atom stereocenters. The third-order valence-electron chi connectivity index (χ3n) is 2.88. The van der Waals surface area contributed by atoms with Gasteiger partial charge in [0.2, 0.25) is 0 Å². The van der Waals surface area contributed by atoms with Crippen LogP contribution < -0.4 is 15.6 Å². The molecule has 0 aliphatic heterocycles. The minimum Gasteiger partial charge on any atom is -0.483 e. The van der Waals surface area contributed by atoms with Gasteiger partial charge in [0, 0.05) is 0 Å². The highest BCUT2D eigenvalue weighted by Gasteiger charge is 2.11. The Labute approximate surface area is 147 Å². The van der Waals surface area contributed by atoms with Gasteiger partial charge in [-0.15, -0.1) is 0 Å². The summed E-state index contributed by atoms with van der Waals surface area (Å²) in [5, 5.41) is 0.305. The van der Waals surface area contributed by atoms with Gasteiger partial charge in [0.15, 0.2) is 6.61 Å². The molecule has 0 atom stereocenters. The summed E-state index contributed by atoms with van der Waals surface area (Å²) in [6.45, 7) is 1.72. The molecule has 2 aromatic carbocycles. The molecule has 0 fully saturated rings. The van der Waals surface area contributed by atoms with Gasteiger partial charge in [-0.25, -0.2) is 0 Å². The van der Waals surface area contributed by atoms with Crippen LogP contribution in [0.1, 0.15) is 15.9 Å². The first kappa shape index (κ1) is 17.3. The summed E-state index contributed by atoms with van der Waals surface area (Å²) in [5.74, 6) is -0.443. The molecule has 2 rings (SSSR count). The average Bonchev–Trinajstić information content (AvgIpc) is 2.52. The van der Waals surface area contributed by atoms with Crippen LogP contribution in [0.2, 0.25) is 5.02 Å². The molecule has 0 spiro atoms. The second-order valence-corrected chi connectivity index (χ2v) is 5.97. The van der Waals surface area contributed by atoms with Crippen LogP contribution in [0, 0.1) is 6.92 Å². The first-order valence-electron chi connectivity index (χ1n) is 6.70. The fourth-order valence-electron chi connectivity index (χ4n) is 1.74. The minimum atomic E-state index is -0.500. The van der Waals surface area contributed by atoms with Crippen LogP contribution in [-0.2, 0) is 4.79 Å². The Morgan fingerprint density at radius 3 is 2.61 bits per heavy atom. The van der Waals surface area contributed by atoms with Crippen molar-refractivity contribution in [1.82, 2.24) is 10.9 Å². The van der Waals surface area contributed by atoms with Crippen molar-refractivity contribution >= 4 is 39.3 Å². The van der Waals surface area contributed by atoms with Gasteiger partial charge in [0.05, 0.1) is 15.1 Å². The van der Waals surface area contributed by atoms with Crippen molar-refractivity contribution in [2.24, 2.45) is 0 Å². The number of halogens is 2. The first-order valence-corrected chi connectivity index (χ1v) is 7.87. The van der Waals surface area contributed by atoms with E-state index in [1.807, 2.05) is 19.1 Å². The van der Waals surface area contributed by atoms with E-state index in [-0.39, 0.29) is 12.2 Å². The first-order chi connectivity index (χ1) is 11.0. The van der Waals surface area contributed by atoms with Crippen molar-refractivity contribution in [1.29, 1.82) is 0 Å². The maximum absolute atomic E-state index is 11.9. The summed E-state index contributed by atoms with van der Waals surface area (Å²) >= 11 is 9.26. The Balaban J connectivity index is 1.83. The molecule has 120 valence electrons. The Morgan fingerprint density at radius 2 is 1.91 bits per heavy atom. The van der Waals surface area contributed by atoms with Gasteiger partial charge in [-0.2, -0.15) is 0 Å². The van der Waals surface area contributed by atoms with Gasteiger partial charge in [-0.05, 0) is 52.7 Å². The molecule has 2 N–H and O–H groups in total. The number of ether oxygens (including phenoxy) is 1. The van der Waals surface area contributed by atoms with E-state index in [4.69, 9.17) is 16.3 Å². The van der Waals surface area contributed by atoms with Crippen molar-refractivity contribution in [3.63, 3.8) is 0 Å². The van der Waals surface area contributed by atoms with E-state index >= 15 is 0 Å². The summed E-state index contributed by atoms with van der Waals surface area (Å²) in [5.41, 5.74) is 5.90. The van der Waals surface area contributed by atoms with Crippen LogP contribution in [-0.4, -0.2) is 18.4 Å². The quantitative estimate of drug-likeness (QED) is 0.778. The number of carbonyl (C=O) groups excluding carboxylic acids is 2. The fraction of sp³-hybridized carbons (Fsp3) is 0.125. The lowest BCUT2D eigenvalue weighted by molar-refractivity contribution is -0.123. The smallest absolute Gasteiger partial charge is 0.276 e. The Kier molecular flexibility index (Phi) is 6.01. The molecule has 2 amide bonds. The van der Waals surface area contributed by atoms with Crippen molar-refractivity contribution in [2.75, 3.05) is 6.61 Å². The number of carbonyl (C=O) groups is 2. The van der Waals surface area contributed by atoms with Crippen LogP contribution in [0.4, 0.5) is 0 Å². The van der Waals surface area contributed by atoms with Gasteiger partial charge in [-0.3, -0.25) is 20.4 Å². The Bertz CT molecular complexity index is 737. The molecule has 7 heteroatoms. The van der Waals surface area contributed by atoms with E-state index in [1.54, 1.807) is 30.3 Å². The summed E-state index contributed by atoms with van der Waals surface area (Å²) < 4.78 is 6.13. The molecule has 5 nitrogen and oxygen atoms in total. The Morgan fingerprint density at radius 1 is 1.17 bits per heavy atom. The molecule has 0 radical (unpaired) electrons. The predicted octanol–water partition coefficient (Wildman–Crippen LogP) is 3.25. The van der Waals surface area contributed by atoms with E-state index in [0.29, 0.717) is 10.8 Å². The van der Waals surface area contributed by atoms with E-state index < -0.39 is 11.8 Å². The number of hydrogen-bond donors (Lipinski definition) is 2. The van der Waals surface area contributed by atoms with Gasteiger partial charge in [0.1, 0.15) is 5.75 Å². The second kappa shape index (κ2) is 7.99. The van der Waals surface area contributed by atoms with E-state index in [1.165, 1.54) is 0 Å². The number of hydrogen-bond acceptors (Lipinski definition) is 3. The van der Waals surface area contributed by atoms with Crippen LogP contribution in [0.3, 0.4) is 0 Å². The molecule has 0 heterocycles. The molecule has 0 bridgehead atoms. The molecular weight excluding hydrogens is 384 g/mol. The SMILES string of the molecule is Cc1ccc(OCC(=O)NNC(=O)c2ccccc2Cl)c(Br)c1. The zero-order valence-corrected chi connectivity index (χ0v) is 14.6. The summed E-state index contributed by atoms with van der Waals surface area (Å²) in [6, 6.07) is 12.1. The fourth-order valence-corrected chi connectivity index (χ4v) is 2.57. The number of nitrogens with one attached hydrogen (secondary N) is 2. The number of rotatable bonds is 4. The standard InChI is InChI=1S/C16H14BrClN2O3/c1-10-6-7-14(12(17)8-10)23-9-15(21)19-20-16(22)11-4-2-3-5-13(11)18/h2-8H,9H2,1H3,(H,19,21)(H,20,22). The van der Waals surface area contributed by atoms with Crippen LogP contribution >= 0.6 is 27.5 Å². The maximum Gasteiger partial charge on any atom is 0.276 e. The van der Waals surface area contributed by atoms with Crippen LogP contribution in [0.25, 0.3) is 0 Å². The normalized spacial score (nSPS) is 10.0. The van der Waals surface area contributed by atoms with Crippen molar-refractivity contribution < 1.29 is 14.3 Å². The van der Waals surface area contributed by atoms with E-state index in [9.17, 15) is 9.59 Å². The van der Waals surface area contributed by atoms with Gasteiger partial charge in [0.25, 0.3) is 11.8 Å². The van der Waals surface area contributed by atoms with Gasteiger partial charge >= 0.3 is 0 Å². The minimum absolute atomic E-state index is 0.232. The van der Waals surface area contributed by atoms with Crippen LogP contribution in [0.5, 0.6) is 5.75 Å². The summed E-state index contributed by atoms with van der Waals surface area (Å²) in [7, 11) is 0. The van der Waals surface area contributed by atoms with Crippen LogP contribution in [0.15, 0.2) is 46.9 Å². The summed E-state index contributed by atoms with van der Waals surface area (Å²) in [4.78, 5) is 23.6. The predicted molar refractivity (Wildman–Crippen MR) is 91.4 cm³/mol. The lowest BCUT2D eigenvalue weighted by Gasteiger charge is -2.10. The van der Waals surface area contributed by atoms with Crippen molar-refractivity contribution in [3.05, 3.63) is 63.1 Å². The lowest BCUT2D eigenvalue weighted by atomic mass is 10.2. The molecule has 0 aliphatic carbocycles. The van der Waals surface area contributed by atoms with Gasteiger partial charge < -0.3 is 4.74 Å². The largest absolute Gasteiger partial charge is 0.483 e. The van der Waals surface area contributed by atoms with Crippen molar-refractivity contribution in [3.8, 4) is 5.75 Å². The molecule has 0 saturated heterocycles. The van der Waals surface area contributed by atoms with E-state index in [0.717, 1.165) is 10.0 Å². The number of amides is 2. The topological polar surface area (TPSA) is 67.4 Å². The molecule has 0 saturated carbocycles. The Hall–Kier alpha value is -2.05. The third kappa shape index (κ3) is 4.97. The monoisotopic (exact) mass is 396 g/mol. The molecule has 2 aromatic rings. The molecule has 0 aliphatic rings. The zero-order valence-electron chi connectivity index (χ0n) is 12.2. The average molecular weight is 398 g/mol. The number of hydrazine groups is 1. The number of benzene rings is 2. The van der Waals surface area contributed by atoms with Gasteiger partial charge in [-0.1, -0.05) is 29.8 Å². The van der Waals surface area contributed by atoms with E-state index in [2.05, 4.69) is 26.8 Å². The third-order valence-corrected chi connectivity index (χ3v) is 3.83. The second-order valence-electron chi connectivity index (χ2n) is 4.70. The number of aryl methyl sites for hydroxylation is 1.